The molecule has 1 fully saturated rings. The number of rotatable bonds is 6. The maximum Gasteiger partial charge on any atom is 0.335 e. The lowest BCUT2D eigenvalue weighted by molar-refractivity contribution is -0.121. The van der Waals surface area contributed by atoms with E-state index in [1.807, 2.05) is 25.1 Å². The Labute approximate surface area is 180 Å². The Morgan fingerprint density at radius 1 is 1.32 bits per heavy atom. The number of ether oxygens (including phenoxy) is 1. The molecule has 1 aliphatic heterocycles. The van der Waals surface area contributed by atoms with Crippen molar-refractivity contribution < 1.29 is 19.4 Å². The molecule has 0 spiro atoms. The average molecular weight is 478 g/mol. The summed E-state index contributed by atoms with van der Waals surface area (Å²) in [6, 6.07) is 12.1. The van der Waals surface area contributed by atoms with Gasteiger partial charge >= 0.3 is 5.97 Å². The second-order valence-electron chi connectivity index (χ2n) is 5.91. The molecule has 5 nitrogen and oxygen atoms in total. The molecule has 0 radical (unpaired) electrons. The van der Waals surface area contributed by atoms with Gasteiger partial charge in [-0.1, -0.05) is 42.2 Å². The number of carbonyl (C=O) groups is 2. The summed E-state index contributed by atoms with van der Waals surface area (Å²) in [5.74, 6) is -0.424. The predicted molar refractivity (Wildman–Crippen MR) is 117 cm³/mol. The van der Waals surface area contributed by atoms with Crippen LogP contribution in [0.25, 0.3) is 6.08 Å². The Balaban J connectivity index is 1.72. The number of amides is 1. The van der Waals surface area contributed by atoms with Crippen LogP contribution >= 0.6 is 39.9 Å². The number of nitrogens with zero attached hydrogens (tertiary/aromatic N) is 1. The minimum absolute atomic E-state index is 0.0766. The number of thioether (sulfide) groups is 1. The fraction of sp³-hybridized carbons (Fsp3) is 0.150. The van der Waals surface area contributed by atoms with Gasteiger partial charge in [0.2, 0.25) is 0 Å². The largest absolute Gasteiger partial charge is 0.488 e. The number of carboxylic acid groups (broad SMARTS) is 1. The molecule has 1 saturated heterocycles. The van der Waals surface area contributed by atoms with E-state index in [-0.39, 0.29) is 18.1 Å². The van der Waals surface area contributed by atoms with Gasteiger partial charge in [-0.25, -0.2) is 4.79 Å². The molecule has 0 atom stereocenters. The molecule has 0 unspecified atom stereocenters. The van der Waals surface area contributed by atoms with Gasteiger partial charge in [-0.15, -0.1) is 0 Å². The van der Waals surface area contributed by atoms with Crippen molar-refractivity contribution in [3.05, 3.63) is 68.5 Å². The van der Waals surface area contributed by atoms with E-state index >= 15 is 0 Å². The van der Waals surface area contributed by atoms with Crippen molar-refractivity contribution in [2.75, 3.05) is 6.54 Å². The van der Waals surface area contributed by atoms with Crippen molar-refractivity contribution in [1.29, 1.82) is 0 Å². The molecule has 0 saturated carbocycles. The van der Waals surface area contributed by atoms with Gasteiger partial charge in [0.25, 0.3) is 5.91 Å². The molecular weight excluding hydrogens is 462 g/mol. The molecule has 2 aromatic rings. The topological polar surface area (TPSA) is 66.8 Å². The van der Waals surface area contributed by atoms with Gasteiger partial charge in [-0.05, 0) is 64.3 Å². The molecule has 0 aliphatic carbocycles. The van der Waals surface area contributed by atoms with Crippen molar-refractivity contribution in [3.63, 3.8) is 0 Å². The van der Waals surface area contributed by atoms with Crippen LogP contribution in [-0.2, 0) is 11.4 Å². The van der Waals surface area contributed by atoms with Crippen molar-refractivity contribution in [2.45, 2.75) is 13.5 Å². The van der Waals surface area contributed by atoms with Crippen LogP contribution in [0, 0.1) is 0 Å². The maximum absolute atomic E-state index is 12.3. The SMILES string of the molecule is CCN1C(=O)C(=Cc2ccc(OCc3cccc(C(=O)O)c3)c(Br)c2)SC1=S. The fourth-order valence-electron chi connectivity index (χ4n) is 2.60. The summed E-state index contributed by atoms with van der Waals surface area (Å²) in [5, 5.41) is 9.06. The summed E-state index contributed by atoms with van der Waals surface area (Å²) in [6.45, 7) is 2.69. The lowest BCUT2D eigenvalue weighted by atomic mass is 10.1. The van der Waals surface area contributed by atoms with Crippen LogP contribution in [0.2, 0.25) is 0 Å². The van der Waals surface area contributed by atoms with E-state index in [2.05, 4.69) is 15.9 Å². The number of carbonyl (C=O) groups excluding carboxylic acids is 1. The van der Waals surface area contributed by atoms with Crippen molar-refractivity contribution in [3.8, 4) is 5.75 Å². The smallest absolute Gasteiger partial charge is 0.335 e. The Morgan fingerprint density at radius 2 is 2.11 bits per heavy atom. The maximum atomic E-state index is 12.3. The van der Waals surface area contributed by atoms with E-state index in [9.17, 15) is 9.59 Å². The number of likely N-dealkylation sites (N-methyl/N-ethyl adjacent to an activating group) is 1. The average Bonchev–Trinajstić information content (AvgIpc) is 2.94. The zero-order valence-corrected chi connectivity index (χ0v) is 18.1. The number of aromatic carboxylic acids is 1. The zero-order chi connectivity index (χ0) is 20.3. The first kappa shape index (κ1) is 20.6. The number of hydrogen-bond donors (Lipinski definition) is 1. The minimum Gasteiger partial charge on any atom is -0.488 e. The van der Waals surface area contributed by atoms with Crippen molar-refractivity contribution in [2.24, 2.45) is 0 Å². The van der Waals surface area contributed by atoms with Crippen LogP contribution in [0.4, 0.5) is 0 Å². The van der Waals surface area contributed by atoms with Crippen molar-refractivity contribution in [1.82, 2.24) is 4.90 Å². The number of carboxylic acids is 1. The van der Waals surface area contributed by atoms with E-state index < -0.39 is 5.97 Å². The first-order valence-electron chi connectivity index (χ1n) is 8.39. The number of hydrogen-bond acceptors (Lipinski definition) is 5. The van der Waals surface area contributed by atoms with E-state index in [4.69, 9.17) is 22.1 Å². The van der Waals surface area contributed by atoms with E-state index in [0.717, 1.165) is 15.6 Å². The summed E-state index contributed by atoms with van der Waals surface area (Å²) >= 11 is 10.0. The molecule has 3 rings (SSSR count). The predicted octanol–water partition coefficient (Wildman–Crippen LogP) is 4.95. The van der Waals surface area contributed by atoms with Crippen LogP contribution < -0.4 is 4.74 Å². The standard InChI is InChI=1S/C20H16BrNO4S2/c1-2-22-18(23)17(28-20(22)27)10-12-6-7-16(15(21)9-12)26-11-13-4-3-5-14(8-13)19(24)25/h3-10H,2,11H2,1H3,(H,24,25). The fourth-order valence-corrected chi connectivity index (χ4v) is 4.50. The molecule has 28 heavy (non-hydrogen) atoms. The highest BCUT2D eigenvalue weighted by Gasteiger charge is 2.30. The quantitative estimate of drug-likeness (QED) is 0.468. The second kappa shape index (κ2) is 8.89. The summed E-state index contributed by atoms with van der Waals surface area (Å²) in [6.07, 6.45) is 1.81. The van der Waals surface area contributed by atoms with Gasteiger partial charge < -0.3 is 9.84 Å². The second-order valence-corrected chi connectivity index (χ2v) is 8.44. The number of benzene rings is 2. The first-order chi connectivity index (χ1) is 13.4. The molecule has 144 valence electrons. The monoisotopic (exact) mass is 477 g/mol. The highest BCUT2D eigenvalue weighted by molar-refractivity contribution is 9.10. The summed E-state index contributed by atoms with van der Waals surface area (Å²) < 4.78 is 7.10. The Morgan fingerprint density at radius 3 is 2.75 bits per heavy atom. The van der Waals surface area contributed by atoms with Gasteiger partial charge in [0, 0.05) is 6.54 Å². The molecule has 1 aliphatic rings. The summed E-state index contributed by atoms with van der Waals surface area (Å²) in [7, 11) is 0. The van der Waals surface area contributed by atoms with Gasteiger partial charge in [-0.3, -0.25) is 9.69 Å². The van der Waals surface area contributed by atoms with Crippen LogP contribution in [0.1, 0.15) is 28.4 Å². The summed E-state index contributed by atoms with van der Waals surface area (Å²) in [4.78, 5) is 25.5. The third-order valence-corrected chi connectivity index (χ3v) is 6.01. The van der Waals surface area contributed by atoms with Crippen LogP contribution in [-0.4, -0.2) is 32.7 Å². The molecule has 0 bridgehead atoms. The van der Waals surface area contributed by atoms with Crippen LogP contribution in [0.15, 0.2) is 51.8 Å². The highest BCUT2D eigenvalue weighted by atomic mass is 79.9. The minimum atomic E-state index is -0.971. The Bertz CT molecular complexity index is 990. The normalized spacial score (nSPS) is 15.4. The van der Waals surface area contributed by atoms with E-state index in [1.54, 1.807) is 29.2 Å². The third-order valence-electron chi connectivity index (χ3n) is 4.01. The van der Waals surface area contributed by atoms with E-state index in [0.29, 0.717) is 21.5 Å². The van der Waals surface area contributed by atoms with Gasteiger partial charge in [0.15, 0.2) is 0 Å². The van der Waals surface area contributed by atoms with Crippen molar-refractivity contribution >= 4 is 62.2 Å². The molecule has 0 aromatic heterocycles. The molecule has 8 heteroatoms. The highest BCUT2D eigenvalue weighted by Crippen LogP contribution is 2.34. The number of halogens is 1. The van der Waals surface area contributed by atoms with Gasteiger partial charge in [-0.2, -0.15) is 0 Å². The molecular formula is C20H16BrNO4S2. The molecule has 2 aromatic carbocycles. The lowest BCUT2D eigenvalue weighted by Gasteiger charge is -2.10. The third kappa shape index (κ3) is 4.63. The van der Waals surface area contributed by atoms with Gasteiger partial charge in [0.05, 0.1) is 14.9 Å². The Hall–Kier alpha value is -2.16. The zero-order valence-electron chi connectivity index (χ0n) is 14.8. The van der Waals surface area contributed by atoms with E-state index in [1.165, 1.54) is 17.8 Å². The molecule has 1 N–H and O–H groups in total. The molecule has 1 amide bonds. The first-order valence-corrected chi connectivity index (χ1v) is 10.4. The van der Waals surface area contributed by atoms with Crippen LogP contribution in [0.3, 0.4) is 0 Å². The Kier molecular flexibility index (Phi) is 6.53. The summed E-state index contributed by atoms with van der Waals surface area (Å²) in [5.41, 5.74) is 1.84. The lowest BCUT2D eigenvalue weighted by Crippen LogP contribution is -2.27. The van der Waals surface area contributed by atoms with Crippen LogP contribution in [0.5, 0.6) is 5.75 Å². The van der Waals surface area contributed by atoms with Gasteiger partial charge in [0.1, 0.15) is 16.7 Å². The number of thiocarbonyl (C=S) groups is 1. The molecule has 1 heterocycles.